The van der Waals surface area contributed by atoms with Gasteiger partial charge in [-0.2, -0.15) is 0 Å². The molecule has 0 unspecified atom stereocenters. The van der Waals surface area contributed by atoms with Gasteiger partial charge in [-0.25, -0.2) is 13.1 Å². The Labute approximate surface area is 182 Å². The third-order valence-corrected chi connectivity index (χ3v) is 6.81. The van der Waals surface area contributed by atoms with Crippen molar-refractivity contribution in [2.75, 3.05) is 45.5 Å². The summed E-state index contributed by atoms with van der Waals surface area (Å²) in [5, 5.41) is 6.57. The van der Waals surface area contributed by atoms with Crippen LogP contribution in [-0.2, 0) is 10.0 Å². The van der Waals surface area contributed by atoms with E-state index in [1.807, 2.05) is 0 Å². The Balaban J connectivity index is 0.00000364. The van der Waals surface area contributed by atoms with Crippen LogP contribution in [0.2, 0.25) is 0 Å². The number of aliphatic imine (C=N–C) groups is 1. The fourth-order valence-electron chi connectivity index (χ4n) is 3.39. The van der Waals surface area contributed by atoms with Gasteiger partial charge in [0.05, 0.1) is 5.75 Å². The molecule has 2 rings (SSSR count). The molecule has 7 nitrogen and oxygen atoms in total. The summed E-state index contributed by atoms with van der Waals surface area (Å²) in [5.74, 6) is 1.32. The van der Waals surface area contributed by atoms with Crippen LogP contribution < -0.4 is 15.4 Å². The van der Waals surface area contributed by atoms with Crippen LogP contribution in [0.1, 0.15) is 51.9 Å². The highest BCUT2D eigenvalue weighted by atomic mass is 127. The van der Waals surface area contributed by atoms with Crippen LogP contribution in [-0.4, -0.2) is 70.8 Å². The normalized spacial score (nSPS) is 20.0. The molecule has 3 N–H and O–H groups in total. The smallest absolute Gasteiger partial charge is 0.213 e. The number of nitrogens with zero attached hydrogens (tertiary/aromatic N) is 2. The van der Waals surface area contributed by atoms with E-state index in [0.29, 0.717) is 31.0 Å². The molecule has 1 saturated carbocycles. The zero-order valence-electron chi connectivity index (χ0n) is 16.9. The third-order valence-electron chi connectivity index (χ3n) is 5.46. The SMILES string of the molecule is CCCCN1CCC(NC(=NC)NCCS(=O)(=O)NCC2CCC2)CC1.I. The number of guanidine groups is 1. The second-order valence-electron chi connectivity index (χ2n) is 7.58. The van der Waals surface area contributed by atoms with Crippen molar-refractivity contribution < 1.29 is 8.42 Å². The van der Waals surface area contributed by atoms with E-state index < -0.39 is 10.0 Å². The maximum absolute atomic E-state index is 12.0. The van der Waals surface area contributed by atoms with Crippen LogP contribution in [0.3, 0.4) is 0 Å². The first kappa shape index (κ1) is 24.9. The molecule has 160 valence electrons. The van der Waals surface area contributed by atoms with Crippen LogP contribution in [0.4, 0.5) is 0 Å². The molecule has 0 atom stereocenters. The van der Waals surface area contributed by atoms with E-state index >= 15 is 0 Å². The predicted octanol–water partition coefficient (Wildman–Crippen LogP) is 1.75. The second kappa shape index (κ2) is 13.2. The van der Waals surface area contributed by atoms with E-state index in [4.69, 9.17) is 0 Å². The lowest BCUT2D eigenvalue weighted by atomic mass is 9.86. The molecular formula is C18H38IN5O2S. The molecule has 0 aromatic carbocycles. The fraction of sp³-hybridized carbons (Fsp3) is 0.944. The number of nitrogens with one attached hydrogen (secondary N) is 3. The van der Waals surface area contributed by atoms with E-state index in [1.165, 1.54) is 25.8 Å². The van der Waals surface area contributed by atoms with Crippen LogP contribution in [0.5, 0.6) is 0 Å². The maximum atomic E-state index is 12.0. The molecule has 0 radical (unpaired) electrons. The minimum Gasteiger partial charge on any atom is -0.355 e. The number of halogens is 1. The monoisotopic (exact) mass is 515 g/mol. The van der Waals surface area contributed by atoms with Gasteiger partial charge in [0, 0.05) is 39.3 Å². The maximum Gasteiger partial charge on any atom is 0.213 e. The van der Waals surface area contributed by atoms with Gasteiger partial charge in [-0.1, -0.05) is 19.8 Å². The Morgan fingerprint density at radius 3 is 2.44 bits per heavy atom. The van der Waals surface area contributed by atoms with Crippen LogP contribution in [0, 0.1) is 5.92 Å². The lowest BCUT2D eigenvalue weighted by Gasteiger charge is -2.33. The van der Waals surface area contributed by atoms with Crippen LogP contribution in [0.15, 0.2) is 4.99 Å². The molecule has 1 aliphatic heterocycles. The number of hydrogen-bond acceptors (Lipinski definition) is 4. The average Bonchev–Trinajstić information content (AvgIpc) is 2.58. The molecule has 1 saturated heterocycles. The third kappa shape index (κ3) is 9.76. The molecule has 0 aromatic heterocycles. The van der Waals surface area contributed by atoms with Crippen molar-refractivity contribution in [1.29, 1.82) is 0 Å². The van der Waals surface area contributed by atoms with Crippen LogP contribution in [0.25, 0.3) is 0 Å². The summed E-state index contributed by atoms with van der Waals surface area (Å²) in [6, 6.07) is 0.410. The first-order chi connectivity index (χ1) is 12.5. The van der Waals surface area contributed by atoms with Crippen molar-refractivity contribution >= 4 is 40.0 Å². The molecule has 0 spiro atoms. The summed E-state index contributed by atoms with van der Waals surface area (Å²) in [6.45, 7) is 6.62. The molecule has 0 aromatic rings. The number of hydrogen-bond donors (Lipinski definition) is 3. The topological polar surface area (TPSA) is 85.8 Å². The Bertz CT molecular complexity index is 532. The second-order valence-corrected chi connectivity index (χ2v) is 9.50. The summed E-state index contributed by atoms with van der Waals surface area (Å²) in [7, 11) is -1.48. The first-order valence-corrected chi connectivity index (χ1v) is 11.8. The van der Waals surface area contributed by atoms with E-state index in [9.17, 15) is 8.42 Å². The number of likely N-dealkylation sites (tertiary alicyclic amines) is 1. The van der Waals surface area contributed by atoms with Gasteiger partial charge in [-0.15, -0.1) is 24.0 Å². The molecule has 2 aliphatic rings. The van der Waals surface area contributed by atoms with E-state index in [2.05, 4.69) is 32.2 Å². The number of rotatable bonds is 10. The number of piperidine rings is 1. The van der Waals surface area contributed by atoms with Crippen molar-refractivity contribution in [1.82, 2.24) is 20.3 Å². The molecule has 9 heteroatoms. The van der Waals surface area contributed by atoms with Gasteiger partial charge < -0.3 is 15.5 Å². The van der Waals surface area contributed by atoms with Crippen molar-refractivity contribution in [3.05, 3.63) is 0 Å². The molecule has 1 aliphatic carbocycles. The summed E-state index contributed by atoms with van der Waals surface area (Å²) in [4.78, 5) is 6.76. The zero-order chi connectivity index (χ0) is 18.8. The summed E-state index contributed by atoms with van der Waals surface area (Å²) in [5.41, 5.74) is 0. The quantitative estimate of drug-likeness (QED) is 0.235. The van der Waals surface area contributed by atoms with E-state index in [1.54, 1.807) is 7.05 Å². The molecule has 0 bridgehead atoms. The number of unbranched alkanes of at least 4 members (excludes halogenated alkanes) is 1. The van der Waals surface area contributed by atoms with Gasteiger partial charge in [0.25, 0.3) is 0 Å². The van der Waals surface area contributed by atoms with Gasteiger partial charge in [-0.05, 0) is 44.6 Å². The Hall–Kier alpha value is -0.130. The average molecular weight is 516 g/mol. The molecular weight excluding hydrogens is 477 g/mol. The van der Waals surface area contributed by atoms with Crippen molar-refractivity contribution in [2.45, 2.75) is 57.9 Å². The summed E-state index contributed by atoms with van der Waals surface area (Å²) in [6.07, 6.45) is 8.24. The summed E-state index contributed by atoms with van der Waals surface area (Å²) < 4.78 is 26.8. The van der Waals surface area contributed by atoms with Gasteiger partial charge >= 0.3 is 0 Å². The summed E-state index contributed by atoms with van der Waals surface area (Å²) >= 11 is 0. The van der Waals surface area contributed by atoms with E-state index in [-0.39, 0.29) is 29.7 Å². The zero-order valence-corrected chi connectivity index (χ0v) is 20.0. The standard InChI is InChI=1S/C18H37N5O2S.HI/c1-3-4-11-23-12-8-17(9-13-23)22-18(19-2)20-10-14-26(24,25)21-15-16-6-5-7-16;/h16-17,21H,3-15H2,1-2H3,(H2,19,20,22);1H. The minimum absolute atomic E-state index is 0. The van der Waals surface area contributed by atoms with Gasteiger partial charge in [0.1, 0.15) is 0 Å². The molecule has 27 heavy (non-hydrogen) atoms. The number of sulfonamides is 1. The largest absolute Gasteiger partial charge is 0.355 e. The Morgan fingerprint density at radius 1 is 1.19 bits per heavy atom. The molecule has 0 amide bonds. The van der Waals surface area contributed by atoms with Crippen LogP contribution >= 0.6 is 24.0 Å². The fourth-order valence-corrected chi connectivity index (χ4v) is 4.39. The van der Waals surface area contributed by atoms with Gasteiger partial charge in [0.2, 0.25) is 10.0 Å². The highest BCUT2D eigenvalue weighted by Gasteiger charge is 2.21. The minimum atomic E-state index is -3.21. The van der Waals surface area contributed by atoms with E-state index in [0.717, 1.165) is 38.8 Å². The van der Waals surface area contributed by atoms with Crippen molar-refractivity contribution in [3.63, 3.8) is 0 Å². The van der Waals surface area contributed by atoms with Crippen molar-refractivity contribution in [2.24, 2.45) is 10.9 Å². The highest BCUT2D eigenvalue weighted by molar-refractivity contribution is 14.0. The molecule has 1 heterocycles. The Morgan fingerprint density at radius 2 is 1.89 bits per heavy atom. The lowest BCUT2D eigenvalue weighted by Crippen LogP contribution is -2.49. The molecule has 2 fully saturated rings. The van der Waals surface area contributed by atoms with Crippen molar-refractivity contribution in [3.8, 4) is 0 Å². The highest BCUT2D eigenvalue weighted by Crippen LogP contribution is 2.25. The Kier molecular flexibility index (Phi) is 12.1. The predicted molar refractivity (Wildman–Crippen MR) is 123 cm³/mol. The first-order valence-electron chi connectivity index (χ1n) is 10.2. The van der Waals surface area contributed by atoms with Gasteiger partial charge in [-0.3, -0.25) is 4.99 Å². The lowest BCUT2D eigenvalue weighted by molar-refractivity contribution is 0.203. The van der Waals surface area contributed by atoms with Gasteiger partial charge in [0.15, 0.2) is 5.96 Å².